The molecule has 0 fully saturated rings. The number of hydrogen-bond acceptors (Lipinski definition) is 3. The van der Waals surface area contributed by atoms with Crippen LogP contribution in [0, 0.1) is 0 Å². The van der Waals surface area contributed by atoms with Crippen LogP contribution in [0.3, 0.4) is 0 Å². The normalized spacial score (nSPS) is 13.7. The quantitative estimate of drug-likeness (QED) is 0.609. The Balaban J connectivity index is 2.35. The molecule has 0 radical (unpaired) electrons. The molecule has 2 aromatic carbocycles. The van der Waals surface area contributed by atoms with Crippen LogP contribution in [0.25, 0.3) is 0 Å². The van der Waals surface area contributed by atoms with Gasteiger partial charge in [-0.15, -0.1) is 11.8 Å². The van der Waals surface area contributed by atoms with E-state index in [1.807, 2.05) is 30.0 Å². The Morgan fingerprint density at radius 2 is 1.57 bits per heavy atom. The van der Waals surface area contributed by atoms with Crippen LogP contribution in [0.4, 0.5) is 0 Å². The van der Waals surface area contributed by atoms with Crippen molar-refractivity contribution in [2.75, 3.05) is 6.61 Å². The van der Waals surface area contributed by atoms with E-state index in [0.717, 1.165) is 37.0 Å². The third-order valence-electron chi connectivity index (χ3n) is 4.12. The molecule has 0 aliphatic heterocycles. The van der Waals surface area contributed by atoms with Gasteiger partial charge in [-0.1, -0.05) is 50.1 Å². The molecule has 0 bridgehead atoms. The summed E-state index contributed by atoms with van der Waals surface area (Å²) in [5.41, 5.74) is 1.32. The molecule has 1 atom stereocenters. The topological polar surface area (TPSA) is 40.5 Å². The number of hydrogen-bond donors (Lipinski definition) is 2. The highest BCUT2D eigenvalue weighted by atomic mass is 32.2. The molecule has 0 amide bonds. The first kappa shape index (κ1) is 17.9. The zero-order valence-corrected chi connectivity index (χ0v) is 14.6. The summed E-state index contributed by atoms with van der Waals surface area (Å²) >= 11 is 1.86. The molecule has 0 aromatic heterocycles. The maximum absolute atomic E-state index is 9.51. The number of benzene rings is 2. The minimum atomic E-state index is -0.0308. The molecule has 0 aliphatic rings. The van der Waals surface area contributed by atoms with Crippen LogP contribution in [0.5, 0.6) is 5.75 Å². The van der Waals surface area contributed by atoms with Crippen LogP contribution in [0.2, 0.25) is 0 Å². The van der Waals surface area contributed by atoms with Gasteiger partial charge in [-0.3, -0.25) is 0 Å². The molecule has 23 heavy (non-hydrogen) atoms. The molecule has 2 nitrogen and oxygen atoms in total. The second-order valence-corrected chi connectivity index (χ2v) is 7.34. The van der Waals surface area contributed by atoms with Crippen LogP contribution >= 0.6 is 11.8 Å². The number of thioether (sulfide) groups is 1. The molecular formula is C20H26O2S. The van der Waals surface area contributed by atoms with Crippen molar-refractivity contribution in [3.05, 3.63) is 60.2 Å². The zero-order valence-electron chi connectivity index (χ0n) is 13.7. The van der Waals surface area contributed by atoms with Gasteiger partial charge in [0.2, 0.25) is 0 Å². The maximum Gasteiger partial charge on any atom is 0.115 e. The number of unbranched alkanes of at least 4 members (excludes halogenated alkanes) is 1. The summed E-state index contributed by atoms with van der Waals surface area (Å²) in [5.74, 6) is 0.295. The summed E-state index contributed by atoms with van der Waals surface area (Å²) in [6.07, 6.45) is 5.14. The summed E-state index contributed by atoms with van der Waals surface area (Å²) in [6, 6.07) is 18.0. The van der Waals surface area contributed by atoms with E-state index in [1.54, 1.807) is 12.1 Å². The third-order valence-corrected chi connectivity index (χ3v) is 5.67. The fourth-order valence-corrected chi connectivity index (χ4v) is 4.35. The number of aliphatic hydroxyl groups excluding tert-OH is 1. The van der Waals surface area contributed by atoms with Crippen LogP contribution in [0.15, 0.2) is 59.5 Å². The highest BCUT2D eigenvalue weighted by molar-refractivity contribution is 8.00. The fraction of sp³-hybridized carbons (Fsp3) is 0.400. The third kappa shape index (κ3) is 5.02. The van der Waals surface area contributed by atoms with Crippen LogP contribution in [-0.2, 0) is 4.75 Å². The molecular weight excluding hydrogens is 304 g/mol. The lowest BCUT2D eigenvalue weighted by Gasteiger charge is -2.34. The van der Waals surface area contributed by atoms with Gasteiger partial charge < -0.3 is 10.2 Å². The lowest BCUT2D eigenvalue weighted by atomic mass is 9.88. The number of phenolic OH excluding ortho intramolecular Hbond substituents is 1. The molecule has 2 aromatic rings. The van der Waals surface area contributed by atoms with Gasteiger partial charge in [-0.2, -0.15) is 0 Å². The predicted octanol–water partition coefficient (Wildman–Crippen LogP) is 5.34. The van der Waals surface area contributed by atoms with Gasteiger partial charge in [-0.05, 0) is 49.1 Å². The maximum atomic E-state index is 9.51. The summed E-state index contributed by atoms with van der Waals surface area (Å²) < 4.78 is -0.0308. The minimum absolute atomic E-state index is 0.0308. The number of phenols is 1. The molecule has 0 saturated carbocycles. The Labute approximate surface area is 143 Å². The lowest BCUT2D eigenvalue weighted by Crippen LogP contribution is -2.22. The van der Waals surface area contributed by atoms with E-state index in [1.165, 1.54) is 5.56 Å². The smallest absolute Gasteiger partial charge is 0.115 e. The number of aliphatic hydroxyl groups is 1. The van der Waals surface area contributed by atoms with E-state index in [0.29, 0.717) is 5.75 Å². The van der Waals surface area contributed by atoms with Gasteiger partial charge in [0.25, 0.3) is 0 Å². The molecule has 1 unspecified atom stereocenters. The van der Waals surface area contributed by atoms with E-state index in [2.05, 4.69) is 31.2 Å². The van der Waals surface area contributed by atoms with Crippen molar-refractivity contribution < 1.29 is 10.2 Å². The standard InChI is InChI=1S/C20H26O2S/c1-2-3-14-20(15-7-16-21,17-8-5-4-6-9-17)23-19-12-10-18(22)11-13-19/h4-6,8-13,21-22H,2-3,7,14-16H2,1H3. The highest BCUT2D eigenvalue weighted by Gasteiger charge is 2.32. The fourth-order valence-electron chi connectivity index (χ4n) is 2.88. The van der Waals surface area contributed by atoms with E-state index in [-0.39, 0.29) is 11.4 Å². The van der Waals surface area contributed by atoms with Crippen molar-refractivity contribution in [1.29, 1.82) is 0 Å². The summed E-state index contributed by atoms with van der Waals surface area (Å²) in [5, 5.41) is 18.9. The van der Waals surface area contributed by atoms with Crippen molar-refractivity contribution in [3.63, 3.8) is 0 Å². The molecule has 2 rings (SSSR count). The summed E-state index contributed by atoms with van der Waals surface area (Å²) in [7, 11) is 0. The van der Waals surface area contributed by atoms with Crippen molar-refractivity contribution in [3.8, 4) is 5.75 Å². The summed E-state index contributed by atoms with van der Waals surface area (Å²) in [6.45, 7) is 2.43. The van der Waals surface area contributed by atoms with Crippen molar-refractivity contribution >= 4 is 11.8 Å². The van der Waals surface area contributed by atoms with Crippen molar-refractivity contribution in [2.45, 2.75) is 48.7 Å². The average molecular weight is 330 g/mol. The van der Waals surface area contributed by atoms with Crippen LogP contribution in [0.1, 0.15) is 44.6 Å². The Bertz CT molecular complexity index is 558. The lowest BCUT2D eigenvalue weighted by molar-refractivity contribution is 0.274. The second-order valence-electron chi connectivity index (χ2n) is 5.89. The Morgan fingerprint density at radius 3 is 2.17 bits per heavy atom. The van der Waals surface area contributed by atoms with E-state index >= 15 is 0 Å². The minimum Gasteiger partial charge on any atom is -0.508 e. The Kier molecular flexibility index (Phi) is 7.00. The molecule has 0 spiro atoms. The van der Waals surface area contributed by atoms with E-state index < -0.39 is 0 Å². The SMILES string of the molecule is CCCCC(CCCO)(Sc1ccc(O)cc1)c1ccccc1. The predicted molar refractivity (Wildman–Crippen MR) is 97.9 cm³/mol. The van der Waals surface area contributed by atoms with Gasteiger partial charge in [0, 0.05) is 16.2 Å². The van der Waals surface area contributed by atoms with Crippen LogP contribution < -0.4 is 0 Å². The van der Waals surface area contributed by atoms with Crippen LogP contribution in [-0.4, -0.2) is 16.8 Å². The molecule has 2 N–H and O–H groups in total. The first-order valence-electron chi connectivity index (χ1n) is 8.34. The first-order chi connectivity index (χ1) is 11.2. The Morgan fingerprint density at radius 1 is 0.913 bits per heavy atom. The molecule has 0 saturated heterocycles. The zero-order chi connectivity index (χ0) is 16.5. The van der Waals surface area contributed by atoms with Crippen molar-refractivity contribution in [2.24, 2.45) is 0 Å². The summed E-state index contributed by atoms with van der Waals surface area (Å²) in [4.78, 5) is 1.15. The van der Waals surface area contributed by atoms with Gasteiger partial charge in [0.05, 0.1) is 0 Å². The van der Waals surface area contributed by atoms with Crippen molar-refractivity contribution in [1.82, 2.24) is 0 Å². The first-order valence-corrected chi connectivity index (χ1v) is 9.16. The largest absolute Gasteiger partial charge is 0.508 e. The number of aromatic hydroxyl groups is 1. The Hall–Kier alpha value is -1.45. The van der Waals surface area contributed by atoms with Gasteiger partial charge in [0.15, 0.2) is 0 Å². The van der Waals surface area contributed by atoms with Gasteiger partial charge in [0.1, 0.15) is 5.75 Å². The molecule has 0 heterocycles. The average Bonchev–Trinajstić information content (AvgIpc) is 2.60. The molecule has 124 valence electrons. The van der Waals surface area contributed by atoms with Gasteiger partial charge in [-0.25, -0.2) is 0 Å². The number of rotatable bonds is 9. The second kappa shape index (κ2) is 8.99. The highest BCUT2D eigenvalue weighted by Crippen LogP contribution is 2.48. The van der Waals surface area contributed by atoms with Gasteiger partial charge >= 0.3 is 0 Å². The monoisotopic (exact) mass is 330 g/mol. The molecule has 0 aliphatic carbocycles. The molecule has 3 heteroatoms. The van der Waals surface area contributed by atoms with E-state index in [9.17, 15) is 10.2 Å². The van der Waals surface area contributed by atoms with E-state index in [4.69, 9.17) is 0 Å².